The molecule has 12 aromatic rings. The maximum absolute atomic E-state index is 7.02. The molecular weight excluding hydrogens is 805 g/mol. The summed E-state index contributed by atoms with van der Waals surface area (Å²) in [6.45, 7) is 13.0. The van der Waals surface area contributed by atoms with Crippen LogP contribution in [0, 0.1) is 41.5 Å². The first-order chi connectivity index (χ1) is 32.1. The number of para-hydroxylation sites is 2. The summed E-state index contributed by atoms with van der Waals surface area (Å²) in [6, 6.07) is 66.2. The van der Waals surface area contributed by atoms with Crippen molar-refractivity contribution in [2.45, 2.75) is 41.5 Å². The summed E-state index contributed by atoms with van der Waals surface area (Å²) < 4.78 is 14.0. The van der Waals surface area contributed by atoms with Crippen LogP contribution in [-0.4, -0.2) is 0 Å². The Morgan fingerprint density at radius 3 is 1.18 bits per heavy atom. The number of nitrogens with zero attached hydrogens (tertiary/aromatic N) is 2. The molecule has 10 aromatic carbocycles. The zero-order chi connectivity index (χ0) is 44.8. The zero-order valence-corrected chi connectivity index (χ0v) is 38.0. The van der Waals surface area contributed by atoms with E-state index >= 15 is 0 Å². The second-order valence-corrected chi connectivity index (χ2v) is 18.3. The quantitative estimate of drug-likeness (QED) is 0.160. The third-order valence-electron chi connectivity index (χ3n) is 13.3. The summed E-state index contributed by atoms with van der Waals surface area (Å²) in [7, 11) is 0. The topological polar surface area (TPSA) is 32.8 Å². The summed E-state index contributed by atoms with van der Waals surface area (Å²) in [5.74, 6) is 0. The summed E-state index contributed by atoms with van der Waals surface area (Å²) in [6.07, 6.45) is 0. The van der Waals surface area contributed by atoms with Gasteiger partial charge < -0.3 is 18.6 Å². The largest absolute Gasteiger partial charge is 0.455 e. The standard InChI is InChI=1S/C62H48N2O2/c1-37-24-38(2)27-50(26-37)63(56-18-12-10-14-41(56)5)48-22-20-44-32-52-54-36-55-53-33-45-21-23-49(64(57-19-13-11-15-42(57)6)51-28-39(3)25-40(4)29-51)31-47(45)35-59(53)66-62(55)60(43-16-8-7-9-17-43)61(54)65-58(52)34-46(44)30-48/h7-36H,1-6H3. The average Bonchev–Trinajstić information content (AvgIpc) is 3.84. The molecule has 0 aliphatic rings. The van der Waals surface area contributed by atoms with Crippen molar-refractivity contribution in [1.82, 2.24) is 0 Å². The van der Waals surface area contributed by atoms with E-state index in [9.17, 15) is 0 Å². The second-order valence-electron chi connectivity index (χ2n) is 18.3. The molecule has 0 bridgehead atoms. The van der Waals surface area contributed by atoms with Crippen LogP contribution < -0.4 is 9.80 Å². The fourth-order valence-corrected chi connectivity index (χ4v) is 10.4. The Morgan fingerprint density at radius 2 is 0.742 bits per heavy atom. The number of rotatable bonds is 7. The lowest BCUT2D eigenvalue weighted by atomic mass is 9.97. The molecule has 4 heteroatoms. The van der Waals surface area contributed by atoms with Crippen molar-refractivity contribution in [2.24, 2.45) is 0 Å². The number of fused-ring (bicyclic) bond motifs is 8. The highest BCUT2D eigenvalue weighted by Gasteiger charge is 2.23. The lowest BCUT2D eigenvalue weighted by molar-refractivity contribution is 0.658. The van der Waals surface area contributed by atoms with Gasteiger partial charge in [-0.2, -0.15) is 0 Å². The van der Waals surface area contributed by atoms with Crippen LogP contribution in [0.4, 0.5) is 34.1 Å². The van der Waals surface area contributed by atoms with Crippen LogP contribution >= 0.6 is 0 Å². The van der Waals surface area contributed by atoms with Crippen LogP contribution in [-0.2, 0) is 0 Å². The lowest BCUT2D eigenvalue weighted by Gasteiger charge is -2.28. The fourth-order valence-electron chi connectivity index (χ4n) is 10.4. The van der Waals surface area contributed by atoms with E-state index in [2.05, 4.69) is 233 Å². The molecule has 0 aliphatic heterocycles. The van der Waals surface area contributed by atoms with E-state index in [1.165, 1.54) is 33.4 Å². The number of hydrogen-bond donors (Lipinski definition) is 0. The number of hydrogen-bond acceptors (Lipinski definition) is 4. The van der Waals surface area contributed by atoms with E-state index in [0.717, 1.165) is 111 Å². The van der Waals surface area contributed by atoms with E-state index < -0.39 is 0 Å². The van der Waals surface area contributed by atoms with Gasteiger partial charge in [-0.25, -0.2) is 0 Å². The molecule has 0 aliphatic carbocycles. The van der Waals surface area contributed by atoms with Crippen molar-refractivity contribution in [1.29, 1.82) is 0 Å². The van der Waals surface area contributed by atoms with Gasteiger partial charge in [-0.1, -0.05) is 91.0 Å². The van der Waals surface area contributed by atoms with Gasteiger partial charge in [0.1, 0.15) is 22.3 Å². The van der Waals surface area contributed by atoms with E-state index in [1.54, 1.807) is 0 Å². The Labute approximate surface area is 384 Å². The monoisotopic (exact) mass is 852 g/mol. The first-order valence-corrected chi connectivity index (χ1v) is 22.8. The average molecular weight is 853 g/mol. The number of benzene rings is 10. The van der Waals surface area contributed by atoms with Crippen LogP contribution in [0.1, 0.15) is 33.4 Å². The van der Waals surface area contributed by atoms with Gasteiger partial charge in [0, 0.05) is 55.7 Å². The number of furan rings is 2. The van der Waals surface area contributed by atoms with Crippen LogP contribution in [0.15, 0.2) is 191 Å². The minimum atomic E-state index is 0.823. The summed E-state index contributed by atoms with van der Waals surface area (Å²) in [4.78, 5) is 4.75. The molecular formula is C62H48N2O2. The summed E-state index contributed by atoms with van der Waals surface area (Å²) in [5.41, 5.74) is 19.5. The van der Waals surface area contributed by atoms with Crippen molar-refractivity contribution in [3.63, 3.8) is 0 Å². The molecule has 0 fully saturated rings. The minimum Gasteiger partial charge on any atom is -0.455 e. The minimum absolute atomic E-state index is 0.823. The second kappa shape index (κ2) is 15.3. The molecule has 0 atom stereocenters. The van der Waals surface area contributed by atoms with Crippen molar-refractivity contribution in [2.75, 3.05) is 9.80 Å². The molecule has 66 heavy (non-hydrogen) atoms. The fraction of sp³-hybridized carbons (Fsp3) is 0.0968. The normalized spacial score (nSPS) is 11.8. The van der Waals surface area contributed by atoms with Crippen molar-refractivity contribution in [3.05, 3.63) is 215 Å². The van der Waals surface area contributed by atoms with Crippen LogP contribution in [0.3, 0.4) is 0 Å². The van der Waals surface area contributed by atoms with Gasteiger partial charge in [0.15, 0.2) is 0 Å². The predicted molar refractivity (Wildman–Crippen MR) is 279 cm³/mol. The summed E-state index contributed by atoms with van der Waals surface area (Å²) >= 11 is 0. The molecule has 0 radical (unpaired) electrons. The Hall–Kier alpha value is -8.08. The third kappa shape index (κ3) is 6.60. The smallest absolute Gasteiger partial charge is 0.147 e. The molecule has 0 amide bonds. The molecule has 12 rings (SSSR count). The molecule has 0 saturated heterocycles. The Kier molecular flexibility index (Phi) is 9.15. The predicted octanol–water partition coefficient (Wildman–Crippen LogP) is 18.2. The first kappa shape index (κ1) is 39.5. The summed E-state index contributed by atoms with van der Waals surface area (Å²) in [5, 5.41) is 8.83. The highest BCUT2D eigenvalue weighted by atomic mass is 16.3. The van der Waals surface area contributed by atoms with Gasteiger partial charge >= 0.3 is 0 Å². The van der Waals surface area contributed by atoms with Gasteiger partial charge in [-0.15, -0.1) is 0 Å². The van der Waals surface area contributed by atoms with Crippen molar-refractivity contribution in [3.8, 4) is 11.1 Å². The Bertz CT molecular complexity index is 3640. The van der Waals surface area contributed by atoms with E-state index in [0.29, 0.717) is 0 Å². The van der Waals surface area contributed by atoms with Gasteiger partial charge in [0.25, 0.3) is 0 Å². The maximum Gasteiger partial charge on any atom is 0.147 e. The molecule has 318 valence electrons. The van der Waals surface area contributed by atoms with E-state index in [1.807, 2.05) is 0 Å². The lowest BCUT2D eigenvalue weighted by Crippen LogP contribution is -2.11. The molecule has 2 aromatic heterocycles. The molecule has 0 spiro atoms. The van der Waals surface area contributed by atoms with Crippen molar-refractivity contribution >= 4 is 99.5 Å². The van der Waals surface area contributed by atoms with Crippen LogP contribution in [0.5, 0.6) is 0 Å². The van der Waals surface area contributed by atoms with Crippen molar-refractivity contribution < 1.29 is 8.83 Å². The maximum atomic E-state index is 7.02. The number of aryl methyl sites for hydroxylation is 6. The van der Waals surface area contributed by atoms with Gasteiger partial charge in [-0.3, -0.25) is 0 Å². The van der Waals surface area contributed by atoms with Crippen LogP contribution in [0.25, 0.3) is 76.5 Å². The third-order valence-corrected chi connectivity index (χ3v) is 13.3. The van der Waals surface area contributed by atoms with Gasteiger partial charge in [0.2, 0.25) is 0 Å². The van der Waals surface area contributed by atoms with Crippen LogP contribution in [0.2, 0.25) is 0 Å². The molecule has 0 unspecified atom stereocenters. The zero-order valence-electron chi connectivity index (χ0n) is 38.0. The van der Waals surface area contributed by atoms with E-state index in [-0.39, 0.29) is 0 Å². The molecule has 0 N–H and O–H groups in total. The highest BCUT2D eigenvalue weighted by Crippen LogP contribution is 2.47. The molecule has 0 saturated carbocycles. The Balaban J connectivity index is 1.04. The SMILES string of the molecule is Cc1cc(C)cc(N(c2ccc3cc4c(cc3c2)oc2c(-c3ccccc3)c3oc5cc6cc(N(c7cc(C)cc(C)c7)c7ccccc7C)ccc6cc5c3cc24)c2ccccc2C)c1. The Morgan fingerprint density at radius 1 is 0.318 bits per heavy atom. The van der Waals surface area contributed by atoms with Gasteiger partial charge in [-0.05, 0) is 193 Å². The first-order valence-electron chi connectivity index (χ1n) is 22.8. The number of anilines is 6. The van der Waals surface area contributed by atoms with Gasteiger partial charge in [0.05, 0.1) is 5.56 Å². The molecule has 2 heterocycles. The van der Waals surface area contributed by atoms with E-state index in [4.69, 9.17) is 8.83 Å². The molecule has 4 nitrogen and oxygen atoms in total. The highest BCUT2D eigenvalue weighted by molar-refractivity contribution is 6.24.